The van der Waals surface area contributed by atoms with Crippen molar-refractivity contribution in [2.24, 2.45) is 0 Å². The van der Waals surface area contributed by atoms with Gasteiger partial charge in [-0.1, -0.05) is 49.7 Å². The largest absolute Gasteiger partial charge is 0.382 e. The molecule has 6 heteroatoms. The topological polar surface area (TPSA) is 81.6 Å². The average Bonchev–Trinajstić information content (AvgIpc) is 3.05. The Bertz CT molecular complexity index is 1050. The zero-order valence-electron chi connectivity index (χ0n) is 14.8. The van der Waals surface area contributed by atoms with Crippen LogP contribution in [0.2, 0.25) is 0 Å². The molecule has 2 aromatic carbocycles. The normalized spacial score (nSPS) is 11.3. The number of nitrogen functional groups attached to an aromatic ring is 1. The van der Waals surface area contributed by atoms with Crippen LogP contribution in [0.3, 0.4) is 0 Å². The lowest BCUT2D eigenvalue weighted by molar-refractivity contribution is 0.809. The molecule has 0 aliphatic rings. The standard InChI is InChI=1S/C20H22N6/c1-2-3-10-22-20-24-18(21)17-19(25-20)26(13-23-17)12-14-8-9-15-6-4-5-7-16(15)11-14/h4-9,11,13H,2-3,10,12H2,1H3,(H3,21,22,24,25). The van der Waals surface area contributed by atoms with Gasteiger partial charge in [0.15, 0.2) is 11.5 Å². The van der Waals surface area contributed by atoms with Gasteiger partial charge in [0, 0.05) is 6.54 Å². The van der Waals surface area contributed by atoms with Gasteiger partial charge in [-0.15, -0.1) is 0 Å². The second-order valence-corrected chi connectivity index (χ2v) is 6.44. The quantitative estimate of drug-likeness (QED) is 0.519. The number of aromatic nitrogens is 4. The molecule has 26 heavy (non-hydrogen) atoms. The third kappa shape index (κ3) is 3.18. The van der Waals surface area contributed by atoms with Gasteiger partial charge in [0.05, 0.1) is 12.9 Å². The Hall–Kier alpha value is -3.15. The molecule has 4 rings (SSSR count). The molecule has 0 bridgehead atoms. The number of nitrogens with two attached hydrogens (primary N) is 1. The third-order valence-corrected chi connectivity index (χ3v) is 4.47. The second-order valence-electron chi connectivity index (χ2n) is 6.44. The van der Waals surface area contributed by atoms with Crippen LogP contribution in [0.4, 0.5) is 11.8 Å². The lowest BCUT2D eigenvalue weighted by Crippen LogP contribution is -2.08. The average molecular weight is 346 g/mol. The van der Waals surface area contributed by atoms with Crippen LogP contribution in [-0.2, 0) is 6.54 Å². The second kappa shape index (κ2) is 7.00. The highest BCUT2D eigenvalue weighted by Gasteiger charge is 2.11. The molecule has 0 saturated carbocycles. The number of hydrogen-bond donors (Lipinski definition) is 2. The summed E-state index contributed by atoms with van der Waals surface area (Å²) in [6.07, 6.45) is 3.96. The van der Waals surface area contributed by atoms with Crippen LogP contribution in [0.1, 0.15) is 25.3 Å². The van der Waals surface area contributed by atoms with E-state index < -0.39 is 0 Å². The van der Waals surface area contributed by atoms with Crippen LogP contribution in [-0.4, -0.2) is 26.1 Å². The number of benzene rings is 2. The first-order valence-corrected chi connectivity index (χ1v) is 8.94. The number of fused-ring (bicyclic) bond motifs is 2. The maximum absolute atomic E-state index is 6.08. The van der Waals surface area contributed by atoms with Crippen molar-refractivity contribution in [1.82, 2.24) is 19.5 Å². The molecular formula is C20H22N6. The van der Waals surface area contributed by atoms with Gasteiger partial charge in [0.2, 0.25) is 5.95 Å². The molecule has 2 heterocycles. The molecule has 0 atom stereocenters. The van der Waals surface area contributed by atoms with Crippen LogP contribution >= 0.6 is 0 Å². The Morgan fingerprint density at radius 1 is 1.08 bits per heavy atom. The van der Waals surface area contributed by atoms with E-state index in [1.165, 1.54) is 16.3 Å². The first kappa shape index (κ1) is 16.3. The minimum absolute atomic E-state index is 0.409. The molecule has 0 fully saturated rings. The summed E-state index contributed by atoms with van der Waals surface area (Å²) in [7, 11) is 0. The smallest absolute Gasteiger partial charge is 0.226 e. The van der Waals surface area contributed by atoms with E-state index in [0.29, 0.717) is 23.8 Å². The van der Waals surface area contributed by atoms with Crippen LogP contribution in [0.15, 0.2) is 48.8 Å². The number of hydrogen-bond acceptors (Lipinski definition) is 5. The number of unbranched alkanes of at least 4 members (excludes halogenated alkanes) is 1. The number of rotatable bonds is 6. The Labute approximate surface area is 152 Å². The Balaban J connectivity index is 1.66. The lowest BCUT2D eigenvalue weighted by atomic mass is 10.1. The van der Waals surface area contributed by atoms with Crippen molar-refractivity contribution in [3.63, 3.8) is 0 Å². The Kier molecular flexibility index (Phi) is 4.39. The van der Waals surface area contributed by atoms with E-state index in [2.05, 4.69) is 69.7 Å². The first-order chi connectivity index (χ1) is 12.7. The Morgan fingerprint density at radius 3 is 2.77 bits per heavy atom. The summed E-state index contributed by atoms with van der Waals surface area (Å²) in [5.74, 6) is 0.968. The van der Waals surface area contributed by atoms with Gasteiger partial charge in [-0.2, -0.15) is 9.97 Å². The highest BCUT2D eigenvalue weighted by atomic mass is 15.2. The monoisotopic (exact) mass is 346 g/mol. The molecule has 0 unspecified atom stereocenters. The minimum Gasteiger partial charge on any atom is -0.382 e. The minimum atomic E-state index is 0.409. The molecule has 6 nitrogen and oxygen atoms in total. The van der Waals surface area contributed by atoms with E-state index in [9.17, 15) is 0 Å². The summed E-state index contributed by atoms with van der Waals surface area (Å²) in [4.78, 5) is 13.3. The summed E-state index contributed by atoms with van der Waals surface area (Å²) < 4.78 is 2.02. The molecule has 0 saturated heterocycles. The summed E-state index contributed by atoms with van der Waals surface area (Å²) in [5.41, 5.74) is 8.67. The van der Waals surface area contributed by atoms with Crippen molar-refractivity contribution in [3.05, 3.63) is 54.4 Å². The van der Waals surface area contributed by atoms with E-state index in [1.807, 2.05) is 4.57 Å². The van der Waals surface area contributed by atoms with Gasteiger partial charge in [0.25, 0.3) is 0 Å². The van der Waals surface area contributed by atoms with Gasteiger partial charge in [-0.25, -0.2) is 4.98 Å². The molecular weight excluding hydrogens is 324 g/mol. The van der Waals surface area contributed by atoms with Crippen molar-refractivity contribution in [1.29, 1.82) is 0 Å². The van der Waals surface area contributed by atoms with Gasteiger partial charge in [-0.05, 0) is 28.8 Å². The van der Waals surface area contributed by atoms with E-state index in [-0.39, 0.29) is 0 Å². The lowest BCUT2D eigenvalue weighted by Gasteiger charge is -2.08. The first-order valence-electron chi connectivity index (χ1n) is 8.94. The van der Waals surface area contributed by atoms with E-state index in [4.69, 9.17) is 5.73 Å². The molecule has 4 aromatic rings. The molecule has 0 aliphatic heterocycles. The van der Waals surface area contributed by atoms with E-state index in [1.54, 1.807) is 6.33 Å². The fraction of sp³-hybridized carbons (Fsp3) is 0.250. The fourth-order valence-electron chi connectivity index (χ4n) is 3.07. The molecule has 0 radical (unpaired) electrons. The van der Waals surface area contributed by atoms with Crippen LogP contribution in [0.5, 0.6) is 0 Å². The van der Waals surface area contributed by atoms with Gasteiger partial charge in [0.1, 0.15) is 5.52 Å². The summed E-state index contributed by atoms with van der Waals surface area (Å²) in [6, 6.07) is 14.8. The van der Waals surface area contributed by atoms with Gasteiger partial charge < -0.3 is 15.6 Å². The molecule has 0 aliphatic carbocycles. The number of nitrogens with zero attached hydrogens (tertiary/aromatic N) is 4. The van der Waals surface area contributed by atoms with Crippen molar-refractivity contribution in [2.45, 2.75) is 26.3 Å². The predicted molar refractivity (Wildman–Crippen MR) is 106 cm³/mol. The van der Waals surface area contributed by atoms with Crippen molar-refractivity contribution in [3.8, 4) is 0 Å². The van der Waals surface area contributed by atoms with Crippen molar-refractivity contribution in [2.75, 3.05) is 17.6 Å². The maximum atomic E-state index is 6.08. The molecule has 0 amide bonds. The number of nitrogens with one attached hydrogen (secondary N) is 1. The molecule has 0 spiro atoms. The fourth-order valence-corrected chi connectivity index (χ4v) is 3.07. The van der Waals surface area contributed by atoms with Crippen molar-refractivity contribution >= 4 is 33.7 Å². The van der Waals surface area contributed by atoms with Gasteiger partial charge >= 0.3 is 0 Å². The number of imidazole rings is 1. The zero-order chi connectivity index (χ0) is 17.9. The Morgan fingerprint density at radius 2 is 1.92 bits per heavy atom. The molecule has 2 aromatic heterocycles. The van der Waals surface area contributed by atoms with Gasteiger partial charge in [-0.3, -0.25) is 0 Å². The van der Waals surface area contributed by atoms with Crippen molar-refractivity contribution < 1.29 is 0 Å². The highest BCUT2D eigenvalue weighted by Crippen LogP contribution is 2.21. The van der Waals surface area contributed by atoms with Crippen LogP contribution in [0.25, 0.3) is 21.9 Å². The SMILES string of the molecule is CCCCNc1nc(N)c2ncn(Cc3ccc4ccccc4c3)c2n1. The zero-order valence-corrected chi connectivity index (χ0v) is 14.8. The molecule has 132 valence electrons. The summed E-state index contributed by atoms with van der Waals surface area (Å²) in [6.45, 7) is 3.67. The summed E-state index contributed by atoms with van der Waals surface area (Å²) >= 11 is 0. The van der Waals surface area contributed by atoms with Crippen LogP contribution in [0, 0.1) is 0 Å². The third-order valence-electron chi connectivity index (χ3n) is 4.47. The van der Waals surface area contributed by atoms with Crippen LogP contribution < -0.4 is 11.1 Å². The summed E-state index contributed by atoms with van der Waals surface area (Å²) in [5, 5.41) is 5.70. The molecule has 3 N–H and O–H groups in total. The van der Waals surface area contributed by atoms with E-state index in [0.717, 1.165) is 25.0 Å². The highest BCUT2D eigenvalue weighted by molar-refractivity contribution is 5.84. The predicted octanol–water partition coefficient (Wildman–Crippen LogP) is 3.82. The van der Waals surface area contributed by atoms with E-state index >= 15 is 0 Å². The maximum Gasteiger partial charge on any atom is 0.226 e. The number of anilines is 2.